The Balaban J connectivity index is 1.15. The van der Waals surface area contributed by atoms with Gasteiger partial charge in [0.25, 0.3) is 5.91 Å². The fourth-order valence-corrected chi connectivity index (χ4v) is 6.59. The molecule has 0 N–H and O–H groups in total. The highest BCUT2D eigenvalue weighted by Gasteiger charge is 2.54. The summed E-state index contributed by atoms with van der Waals surface area (Å²) < 4.78 is 19.9. The molecule has 3 aliphatic rings. The summed E-state index contributed by atoms with van der Waals surface area (Å²) in [6.07, 6.45) is 3.69. The van der Waals surface area contributed by atoms with Crippen molar-refractivity contribution in [1.82, 2.24) is 14.8 Å². The highest BCUT2D eigenvalue weighted by molar-refractivity contribution is 6.30. The molecule has 0 spiro atoms. The Bertz CT molecular complexity index is 1720. The zero-order chi connectivity index (χ0) is 29.4. The maximum atomic E-state index is 13.9. The third kappa shape index (κ3) is 4.49. The van der Waals surface area contributed by atoms with Crippen molar-refractivity contribution in [3.8, 4) is 11.3 Å². The summed E-state index contributed by atoms with van der Waals surface area (Å²) in [5, 5.41) is 0.654. The molecule has 2 amide bonds. The molecule has 3 fully saturated rings. The summed E-state index contributed by atoms with van der Waals surface area (Å²) in [6, 6.07) is 17.6. The van der Waals surface area contributed by atoms with Gasteiger partial charge in [-0.15, -0.1) is 0 Å². The molecule has 1 saturated heterocycles. The van der Waals surface area contributed by atoms with Crippen molar-refractivity contribution in [2.24, 2.45) is 0 Å². The highest BCUT2D eigenvalue weighted by atomic mass is 35.5. The number of pyridine rings is 1. The zero-order valence-electron chi connectivity index (χ0n) is 24.0. The lowest BCUT2D eigenvalue weighted by atomic mass is 9.91. The molecule has 7 rings (SSSR count). The number of amides is 2. The van der Waals surface area contributed by atoms with Crippen LogP contribution >= 0.6 is 11.6 Å². The maximum Gasteiger partial charge on any atom is 0.290 e. The van der Waals surface area contributed by atoms with Crippen LogP contribution in [0.4, 0.5) is 4.39 Å². The van der Waals surface area contributed by atoms with Gasteiger partial charge in [0, 0.05) is 41.9 Å². The predicted molar refractivity (Wildman–Crippen MR) is 160 cm³/mol. The lowest BCUT2D eigenvalue weighted by Crippen LogP contribution is -2.63. The van der Waals surface area contributed by atoms with E-state index in [2.05, 4.69) is 6.92 Å². The Morgan fingerprint density at radius 2 is 1.62 bits per heavy atom. The minimum Gasteiger partial charge on any atom is -0.449 e. The highest BCUT2D eigenvalue weighted by Crippen LogP contribution is 2.51. The van der Waals surface area contributed by atoms with E-state index < -0.39 is 11.0 Å². The molecule has 8 heteroatoms. The van der Waals surface area contributed by atoms with Gasteiger partial charge >= 0.3 is 0 Å². The summed E-state index contributed by atoms with van der Waals surface area (Å²) in [7, 11) is 0. The van der Waals surface area contributed by atoms with Gasteiger partial charge in [-0.3, -0.25) is 9.59 Å². The first-order valence-electron chi connectivity index (χ1n) is 14.6. The first-order chi connectivity index (χ1) is 20.0. The molecule has 4 aromatic rings. The van der Waals surface area contributed by atoms with Crippen LogP contribution in [-0.4, -0.2) is 51.8 Å². The Hall–Kier alpha value is -3.71. The van der Waals surface area contributed by atoms with E-state index in [1.165, 1.54) is 12.1 Å². The smallest absolute Gasteiger partial charge is 0.290 e. The van der Waals surface area contributed by atoms with Gasteiger partial charge in [-0.05, 0) is 93.0 Å². The van der Waals surface area contributed by atoms with Crippen LogP contribution in [0, 0.1) is 5.82 Å². The molecule has 0 atom stereocenters. The monoisotopic (exact) mass is 585 g/mol. The normalized spacial score (nSPS) is 20.0. The molecule has 2 saturated carbocycles. The number of hydrogen-bond acceptors (Lipinski definition) is 4. The predicted octanol–water partition coefficient (Wildman–Crippen LogP) is 7.13. The first kappa shape index (κ1) is 27.1. The molecule has 2 aliphatic carbocycles. The van der Waals surface area contributed by atoms with Crippen molar-refractivity contribution in [2.75, 3.05) is 19.6 Å². The van der Waals surface area contributed by atoms with Crippen LogP contribution in [0.1, 0.15) is 68.1 Å². The van der Waals surface area contributed by atoms with Crippen molar-refractivity contribution in [1.29, 1.82) is 0 Å². The Labute approximate surface area is 249 Å². The second-order valence-electron chi connectivity index (χ2n) is 13.0. The second-order valence-corrected chi connectivity index (χ2v) is 13.5. The molecule has 0 bridgehead atoms. The number of benzene rings is 2. The van der Waals surface area contributed by atoms with Crippen LogP contribution in [0.15, 0.2) is 65.1 Å². The van der Waals surface area contributed by atoms with Gasteiger partial charge in [0.2, 0.25) is 5.91 Å². The van der Waals surface area contributed by atoms with E-state index in [4.69, 9.17) is 21.0 Å². The summed E-state index contributed by atoms with van der Waals surface area (Å²) in [5.41, 5.74) is 3.69. The van der Waals surface area contributed by atoms with Gasteiger partial charge in [0.1, 0.15) is 11.3 Å². The number of nitrogens with zero attached hydrogens (tertiary/aromatic N) is 3. The van der Waals surface area contributed by atoms with Crippen LogP contribution in [0.5, 0.6) is 0 Å². The van der Waals surface area contributed by atoms with E-state index in [1.807, 2.05) is 54.0 Å². The van der Waals surface area contributed by atoms with Crippen LogP contribution in [-0.2, 0) is 15.6 Å². The number of fused-ring (bicyclic) bond motifs is 1. The largest absolute Gasteiger partial charge is 0.449 e. The number of carbonyl (C=O) groups excluding carboxylic acids is 2. The summed E-state index contributed by atoms with van der Waals surface area (Å²) in [4.78, 5) is 36.2. The molecular weight excluding hydrogens is 553 g/mol. The van der Waals surface area contributed by atoms with Gasteiger partial charge < -0.3 is 14.2 Å². The number of aromatic nitrogens is 1. The molecular formula is C34H33ClFN3O3. The van der Waals surface area contributed by atoms with E-state index in [0.29, 0.717) is 35.8 Å². The third-order valence-corrected chi connectivity index (χ3v) is 9.72. The quantitative estimate of drug-likeness (QED) is 0.250. The Kier molecular flexibility index (Phi) is 6.07. The number of furan rings is 1. The average Bonchev–Trinajstić information content (AvgIpc) is 3.88. The lowest BCUT2D eigenvalue weighted by Gasteiger charge is -2.47. The standard InChI is InChI=1S/C34H33ClFN3O3/c1-32(2)20-38(31(41)34(14-15-34)22-6-8-23(35)9-7-22)16-17-39(32)30(40)28-19-27-29(42-28)25(33(3)12-13-33)18-26(37-27)21-4-10-24(36)11-5-21/h4-11,18-19H,12-17,20H2,1-3H3. The van der Waals surface area contributed by atoms with Gasteiger partial charge in [0.05, 0.1) is 16.6 Å². The van der Waals surface area contributed by atoms with Crippen LogP contribution in [0.2, 0.25) is 5.02 Å². The number of piperazine rings is 1. The van der Waals surface area contributed by atoms with E-state index >= 15 is 0 Å². The lowest BCUT2D eigenvalue weighted by molar-refractivity contribution is -0.138. The fraction of sp³-hybridized carbons (Fsp3) is 0.382. The van der Waals surface area contributed by atoms with Gasteiger partial charge in [0.15, 0.2) is 11.3 Å². The van der Waals surface area contributed by atoms with Crippen molar-refractivity contribution < 1.29 is 18.4 Å². The van der Waals surface area contributed by atoms with E-state index in [1.54, 1.807) is 18.2 Å². The van der Waals surface area contributed by atoms with E-state index in [0.717, 1.165) is 48.1 Å². The number of rotatable bonds is 5. The van der Waals surface area contributed by atoms with Crippen molar-refractivity contribution >= 4 is 34.5 Å². The van der Waals surface area contributed by atoms with Crippen molar-refractivity contribution in [2.45, 2.75) is 62.8 Å². The van der Waals surface area contributed by atoms with Gasteiger partial charge in [-0.25, -0.2) is 9.37 Å². The molecule has 1 aliphatic heterocycles. The van der Waals surface area contributed by atoms with Crippen LogP contribution in [0.3, 0.4) is 0 Å². The van der Waals surface area contributed by atoms with Gasteiger partial charge in [-0.2, -0.15) is 0 Å². The molecule has 216 valence electrons. The molecule has 3 heterocycles. The number of halogens is 2. The average molecular weight is 586 g/mol. The molecule has 0 radical (unpaired) electrons. The summed E-state index contributed by atoms with van der Waals surface area (Å²) in [6.45, 7) is 7.48. The maximum absolute atomic E-state index is 13.9. The molecule has 6 nitrogen and oxygen atoms in total. The van der Waals surface area contributed by atoms with Crippen molar-refractivity contribution in [3.63, 3.8) is 0 Å². The Morgan fingerprint density at radius 3 is 2.24 bits per heavy atom. The molecule has 2 aromatic carbocycles. The topological polar surface area (TPSA) is 66.7 Å². The van der Waals surface area contributed by atoms with Crippen LogP contribution < -0.4 is 0 Å². The van der Waals surface area contributed by atoms with Gasteiger partial charge in [-0.1, -0.05) is 30.7 Å². The van der Waals surface area contributed by atoms with E-state index in [9.17, 15) is 14.0 Å². The minimum absolute atomic E-state index is 0.0394. The summed E-state index contributed by atoms with van der Waals surface area (Å²) >= 11 is 6.09. The van der Waals surface area contributed by atoms with E-state index in [-0.39, 0.29) is 28.8 Å². The van der Waals surface area contributed by atoms with Crippen molar-refractivity contribution in [3.05, 3.63) is 88.4 Å². The molecule has 42 heavy (non-hydrogen) atoms. The third-order valence-electron chi connectivity index (χ3n) is 9.47. The Morgan fingerprint density at radius 1 is 0.929 bits per heavy atom. The number of carbonyl (C=O) groups is 2. The minimum atomic E-state index is -0.599. The second kappa shape index (κ2) is 9.40. The molecule has 2 aromatic heterocycles. The fourth-order valence-electron chi connectivity index (χ4n) is 6.46. The number of hydrogen-bond donors (Lipinski definition) is 0. The zero-order valence-corrected chi connectivity index (χ0v) is 24.8. The van der Waals surface area contributed by atoms with Crippen LogP contribution in [0.25, 0.3) is 22.4 Å². The SMILES string of the molecule is CC1(c2cc(-c3ccc(F)cc3)nc3cc(C(=O)N4CCN(C(=O)C5(c6ccc(Cl)cc6)CC5)CC4(C)C)oc23)CC1. The summed E-state index contributed by atoms with van der Waals surface area (Å²) in [5.74, 6) is -0.147. The molecule has 0 unspecified atom stereocenters. The first-order valence-corrected chi connectivity index (χ1v) is 15.0.